The lowest BCUT2D eigenvalue weighted by molar-refractivity contribution is -0.109. The molecule has 2 fully saturated rings. The van der Waals surface area contributed by atoms with E-state index in [0.29, 0.717) is 6.04 Å². The van der Waals surface area contributed by atoms with Gasteiger partial charge < -0.3 is 15.2 Å². The number of hydrogen-bond donors (Lipinski definition) is 2. The number of aliphatic hydroxyl groups is 1. The number of hydrogen-bond acceptors (Lipinski definition) is 3. The van der Waals surface area contributed by atoms with Gasteiger partial charge in [-0.3, -0.25) is 0 Å². The zero-order valence-corrected chi connectivity index (χ0v) is 12.8. The van der Waals surface area contributed by atoms with Gasteiger partial charge in [-0.2, -0.15) is 0 Å². The Kier molecular flexibility index (Phi) is 4.94. The van der Waals surface area contributed by atoms with Crippen LogP contribution in [0, 0.1) is 0 Å². The Morgan fingerprint density at radius 1 is 1.19 bits per heavy atom. The van der Waals surface area contributed by atoms with Gasteiger partial charge in [0, 0.05) is 19.2 Å². The summed E-state index contributed by atoms with van der Waals surface area (Å²) in [5, 5.41) is 12.9. The molecule has 1 heterocycles. The minimum absolute atomic E-state index is 0.119. The van der Waals surface area contributed by atoms with Crippen molar-refractivity contribution in [1.82, 2.24) is 5.32 Å². The third kappa shape index (κ3) is 3.85. The van der Waals surface area contributed by atoms with E-state index >= 15 is 0 Å². The number of rotatable bonds is 4. The van der Waals surface area contributed by atoms with Crippen LogP contribution >= 0.6 is 0 Å². The van der Waals surface area contributed by atoms with E-state index in [1.807, 2.05) is 12.1 Å². The fourth-order valence-electron chi connectivity index (χ4n) is 3.85. The fourth-order valence-corrected chi connectivity index (χ4v) is 3.85. The van der Waals surface area contributed by atoms with Crippen molar-refractivity contribution >= 4 is 0 Å². The van der Waals surface area contributed by atoms with Crippen molar-refractivity contribution in [1.29, 1.82) is 0 Å². The molecule has 1 aliphatic heterocycles. The largest absolute Gasteiger partial charge is 0.392 e. The highest BCUT2D eigenvalue weighted by Crippen LogP contribution is 2.38. The third-order valence-electron chi connectivity index (χ3n) is 5.03. The van der Waals surface area contributed by atoms with Crippen LogP contribution in [0.15, 0.2) is 24.3 Å². The highest BCUT2D eigenvalue weighted by atomic mass is 16.5. The molecule has 1 aliphatic carbocycles. The highest BCUT2D eigenvalue weighted by Gasteiger charge is 2.38. The van der Waals surface area contributed by atoms with Crippen molar-refractivity contribution in [3.8, 4) is 0 Å². The van der Waals surface area contributed by atoms with Crippen LogP contribution in [-0.2, 0) is 17.9 Å². The van der Waals surface area contributed by atoms with Crippen LogP contribution in [0.1, 0.15) is 56.1 Å². The Morgan fingerprint density at radius 3 is 2.81 bits per heavy atom. The predicted octanol–water partition coefficient (Wildman–Crippen LogP) is 3.15. The van der Waals surface area contributed by atoms with Gasteiger partial charge in [0.1, 0.15) is 0 Å². The van der Waals surface area contributed by atoms with Gasteiger partial charge in [-0.05, 0) is 36.8 Å². The van der Waals surface area contributed by atoms with Crippen LogP contribution in [0.4, 0.5) is 0 Å². The van der Waals surface area contributed by atoms with E-state index < -0.39 is 0 Å². The van der Waals surface area contributed by atoms with Gasteiger partial charge in [-0.15, -0.1) is 0 Å². The average Bonchev–Trinajstić information content (AvgIpc) is 2.54. The van der Waals surface area contributed by atoms with Crippen LogP contribution in [0.5, 0.6) is 0 Å². The molecule has 2 N–H and O–H groups in total. The number of aliphatic hydroxyl groups excluding tert-OH is 1. The first-order valence-corrected chi connectivity index (χ1v) is 8.36. The van der Waals surface area contributed by atoms with E-state index in [0.717, 1.165) is 31.6 Å². The molecule has 0 radical (unpaired) electrons. The van der Waals surface area contributed by atoms with Gasteiger partial charge in [0.25, 0.3) is 0 Å². The standard InChI is InChI=1S/C18H27NO2/c20-14-16-6-4-5-15(11-16)13-19-17-7-10-21-18(12-17)8-2-1-3-9-18/h4-6,11,17,19-20H,1-3,7-10,12-14H2. The smallest absolute Gasteiger partial charge is 0.0697 e. The molecule has 3 rings (SSSR count). The summed E-state index contributed by atoms with van der Waals surface area (Å²) in [6.45, 7) is 1.90. The molecule has 1 saturated carbocycles. The molecule has 0 bridgehead atoms. The second-order valence-corrected chi connectivity index (χ2v) is 6.64. The lowest BCUT2D eigenvalue weighted by Gasteiger charge is -2.43. The van der Waals surface area contributed by atoms with Gasteiger partial charge in [0.15, 0.2) is 0 Å². The van der Waals surface area contributed by atoms with E-state index in [1.165, 1.54) is 37.7 Å². The first kappa shape index (κ1) is 15.0. The molecular formula is C18H27NO2. The lowest BCUT2D eigenvalue weighted by Crippen LogP contribution is -2.47. The molecule has 3 heteroatoms. The van der Waals surface area contributed by atoms with Crippen LogP contribution in [0.2, 0.25) is 0 Å². The van der Waals surface area contributed by atoms with Gasteiger partial charge in [0.2, 0.25) is 0 Å². The summed E-state index contributed by atoms with van der Waals surface area (Å²) in [4.78, 5) is 0. The number of nitrogens with one attached hydrogen (secondary N) is 1. The molecule has 21 heavy (non-hydrogen) atoms. The zero-order valence-electron chi connectivity index (χ0n) is 12.8. The summed E-state index contributed by atoms with van der Waals surface area (Å²) >= 11 is 0. The fraction of sp³-hybridized carbons (Fsp3) is 0.667. The van der Waals surface area contributed by atoms with Gasteiger partial charge in [0.05, 0.1) is 12.2 Å². The van der Waals surface area contributed by atoms with Crippen LogP contribution in [-0.4, -0.2) is 23.4 Å². The first-order valence-electron chi connectivity index (χ1n) is 8.36. The van der Waals surface area contributed by atoms with Gasteiger partial charge in [-0.1, -0.05) is 43.5 Å². The predicted molar refractivity (Wildman–Crippen MR) is 84.0 cm³/mol. The van der Waals surface area contributed by atoms with Crippen LogP contribution < -0.4 is 5.32 Å². The van der Waals surface area contributed by atoms with Gasteiger partial charge in [-0.25, -0.2) is 0 Å². The summed E-state index contributed by atoms with van der Waals surface area (Å²) in [5.74, 6) is 0. The van der Waals surface area contributed by atoms with Crippen molar-refractivity contribution in [3.05, 3.63) is 35.4 Å². The molecule has 1 atom stereocenters. The Hall–Kier alpha value is -0.900. The molecule has 3 nitrogen and oxygen atoms in total. The maximum Gasteiger partial charge on any atom is 0.0697 e. The Balaban J connectivity index is 1.54. The van der Waals surface area contributed by atoms with Crippen molar-refractivity contribution in [2.45, 2.75) is 69.7 Å². The summed E-state index contributed by atoms with van der Waals surface area (Å²) < 4.78 is 6.15. The number of benzene rings is 1. The molecule has 0 amide bonds. The summed E-state index contributed by atoms with van der Waals surface area (Å²) in [5.41, 5.74) is 2.41. The van der Waals surface area contributed by atoms with Crippen molar-refractivity contribution in [2.75, 3.05) is 6.61 Å². The summed E-state index contributed by atoms with van der Waals surface area (Å²) in [7, 11) is 0. The molecule has 1 aromatic rings. The first-order chi connectivity index (χ1) is 10.3. The SMILES string of the molecule is OCc1cccc(CNC2CCOC3(CCCCC3)C2)c1. The molecule has 1 saturated heterocycles. The topological polar surface area (TPSA) is 41.5 Å². The maximum atomic E-state index is 9.21. The second kappa shape index (κ2) is 6.91. The van der Waals surface area contributed by atoms with E-state index in [1.54, 1.807) is 0 Å². The minimum atomic E-state index is 0.119. The maximum absolute atomic E-state index is 9.21. The number of ether oxygens (including phenoxy) is 1. The molecule has 1 unspecified atom stereocenters. The normalized spacial score (nSPS) is 25.1. The zero-order chi connectivity index (χ0) is 14.5. The lowest BCUT2D eigenvalue weighted by atomic mass is 9.78. The van der Waals surface area contributed by atoms with Crippen LogP contribution in [0.3, 0.4) is 0 Å². The van der Waals surface area contributed by atoms with Gasteiger partial charge >= 0.3 is 0 Å². The molecular weight excluding hydrogens is 262 g/mol. The van der Waals surface area contributed by atoms with Crippen LogP contribution in [0.25, 0.3) is 0 Å². The second-order valence-electron chi connectivity index (χ2n) is 6.64. The van der Waals surface area contributed by atoms with Crippen molar-refractivity contribution in [3.63, 3.8) is 0 Å². The van der Waals surface area contributed by atoms with E-state index in [9.17, 15) is 5.11 Å². The van der Waals surface area contributed by atoms with E-state index in [2.05, 4.69) is 17.4 Å². The molecule has 1 aromatic carbocycles. The molecule has 2 aliphatic rings. The Morgan fingerprint density at radius 2 is 2.00 bits per heavy atom. The average molecular weight is 289 g/mol. The Bertz CT molecular complexity index is 449. The Labute approximate surface area is 127 Å². The van der Waals surface area contributed by atoms with E-state index in [4.69, 9.17) is 4.74 Å². The minimum Gasteiger partial charge on any atom is -0.392 e. The molecule has 0 aromatic heterocycles. The van der Waals surface area contributed by atoms with Crippen molar-refractivity contribution < 1.29 is 9.84 Å². The quantitative estimate of drug-likeness (QED) is 0.894. The summed E-state index contributed by atoms with van der Waals surface area (Å²) in [6, 6.07) is 8.77. The monoisotopic (exact) mass is 289 g/mol. The van der Waals surface area contributed by atoms with Crippen molar-refractivity contribution in [2.24, 2.45) is 0 Å². The third-order valence-corrected chi connectivity index (χ3v) is 5.03. The van der Waals surface area contributed by atoms with E-state index in [-0.39, 0.29) is 12.2 Å². The molecule has 116 valence electrons. The molecule has 1 spiro atoms. The highest BCUT2D eigenvalue weighted by molar-refractivity contribution is 5.22. The summed E-state index contributed by atoms with van der Waals surface area (Å²) in [6.07, 6.45) is 8.78.